The number of rotatable bonds is 7. The fourth-order valence-corrected chi connectivity index (χ4v) is 4.92. The number of carbonyl (C=O) groups is 1. The van der Waals surface area contributed by atoms with Crippen molar-refractivity contribution >= 4 is 23.3 Å². The van der Waals surface area contributed by atoms with E-state index in [4.69, 9.17) is 26.1 Å². The van der Waals surface area contributed by atoms with E-state index in [0.29, 0.717) is 10.7 Å². The van der Waals surface area contributed by atoms with Crippen molar-refractivity contribution in [3.8, 4) is 11.3 Å². The van der Waals surface area contributed by atoms with E-state index < -0.39 is 0 Å². The predicted octanol–water partition coefficient (Wildman–Crippen LogP) is 3.43. The van der Waals surface area contributed by atoms with Crippen molar-refractivity contribution in [1.29, 1.82) is 0 Å². The first kappa shape index (κ1) is 23.5. The van der Waals surface area contributed by atoms with Crippen LogP contribution in [0.5, 0.6) is 0 Å². The van der Waals surface area contributed by atoms with Gasteiger partial charge in [-0.25, -0.2) is 4.79 Å². The van der Waals surface area contributed by atoms with Crippen LogP contribution >= 0.6 is 12.2 Å². The number of nitrogens with one attached hydrogen (secondary N) is 1. The fraction of sp³-hybridized carbons (Fsp3) is 0.346. The zero-order chi connectivity index (χ0) is 24.2. The zero-order valence-electron chi connectivity index (χ0n) is 19.6. The van der Waals surface area contributed by atoms with E-state index in [1.54, 1.807) is 18.3 Å². The average Bonchev–Trinajstić information content (AvgIpc) is 3.52. The minimum Gasteiger partial charge on any atom is -0.465 e. The van der Waals surface area contributed by atoms with Gasteiger partial charge >= 0.3 is 5.97 Å². The summed E-state index contributed by atoms with van der Waals surface area (Å²) < 4.78 is 16.7. The summed E-state index contributed by atoms with van der Waals surface area (Å²) in [6.07, 6.45) is 1.80. The molecule has 2 atom stereocenters. The monoisotopic (exact) mass is 492 g/mol. The molecule has 0 spiro atoms. The summed E-state index contributed by atoms with van der Waals surface area (Å²) in [6.45, 7) is 5.03. The lowest BCUT2D eigenvalue weighted by Gasteiger charge is -2.31. The van der Waals surface area contributed by atoms with Crippen molar-refractivity contribution in [2.45, 2.75) is 12.1 Å². The largest absolute Gasteiger partial charge is 0.465 e. The standard InChI is InChI=1S/C26H28N4O4S/c1-32-25(31)19-7-5-18(6-8-19)21-9-10-22(34-21)24-23(20-4-2-3-11-27-20)28-26(35)30(24)13-12-29-14-16-33-17-15-29/h2-11,23-24H,12-17H2,1H3,(H,28,35)/t23-,24-/m1/s1. The van der Waals surface area contributed by atoms with Crippen LogP contribution in [0.1, 0.15) is 33.9 Å². The summed E-state index contributed by atoms with van der Waals surface area (Å²) in [7, 11) is 1.37. The molecule has 0 amide bonds. The topological polar surface area (TPSA) is 80.1 Å². The Morgan fingerprint density at radius 1 is 1.11 bits per heavy atom. The molecule has 0 radical (unpaired) electrons. The molecule has 35 heavy (non-hydrogen) atoms. The first-order chi connectivity index (χ1) is 17.1. The summed E-state index contributed by atoms with van der Waals surface area (Å²) in [6, 6.07) is 16.8. The van der Waals surface area contributed by atoms with Gasteiger partial charge in [0.05, 0.1) is 37.6 Å². The molecule has 2 aliphatic heterocycles. The quantitative estimate of drug-likeness (QED) is 0.394. The fourth-order valence-electron chi connectivity index (χ4n) is 4.58. The van der Waals surface area contributed by atoms with E-state index in [2.05, 4.69) is 20.1 Å². The smallest absolute Gasteiger partial charge is 0.337 e. The number of benzene rings is 1. The normalized spacial score (nSPS) is 20.6. The summed E-state index contributed by atoms with van der Waals surface area (Å²) in [5.41, 5.74) is 2.29. The molecule has 0 unspecified atom stereocenters. The van der Waals surface area contributed by atoms with Crippen molar-refractivity contribution < 1.29 is 18.7 Å². The van der Waals surface area contributed by atoms with Crippen LogP contribution in [0, 0.1) is 0 Å². The molecule has 0 bridgehead atoms. The number of carbonyl (C=O) groups excluding carboxylic acids is 1. The number of esters is 1. The number of thiocarbonyl (C=S) groups is 1. The van der Waals surface area contributed by atoms with Gasteiger partial charge in [-0.05, 0) is 48.6 Å². The van der Waals surface area contributed by atoms with Crippen molar-refractivity contribution in [2.75, 3.05) is 46.5 Å². The lowest BCUT2D eigenvalue weighted by Crippen LogP contribution is -2.42. The Morgan fingerprint density at radius 3 is 2.63 bits per heavy atom. The lowest BCUT2D eigenvalue weighted by molar-refractivity contribution is 0.0347. The summed E-state index contributed by atoms with van der Waals surface area (Å²) in [4.78, 5) is 21.0. The molecule has 3 aromatic rings. The van der Waals surface area contributed by atoms with E-state index in [0.717, 1.165) is 62.2 Å². The molecule has 182 valence electrons. The highest BCUT2D eigenvalue weighted by molar-refractivity contribution is 7.80. The maximum absolute atomic E-state index is 11.8. The molecule has 2 aromatic heterocycles. The third kappa shape index (κ3) is 5.07. The molecule has 0 aliphatic carbocycles. The molecule has 0 saturated carbocycles. The maximum atomic E-state index is 11.8. The number of pyridine rings is 1. The van der Waals surface area contributed by atoms with Crippen LogP contribution < -0.4 is 5.32 Å². The van der Waals surface area contributed by atoms with Gasteiger partial charge in [0, 0.05) is 37.9 Å². The van der Waals surface area contributed by atoms with Crippen molar-refractivity contribution in [3.05, 3.63) is 77.8 Å². The molecule has 1 aromatic carbocycles. The molecule has 9 heteroatoms. The number of ether oxygens (including phenoxy) is 2. The molecule has 2 saturated heterocycles. The van der Waals surface area contributed by atoms with Gasteiger partial charge in [0.25, 0.3) is 0 Å². The number of hydrogen-bond donors (Lipinski definition) is 1. The van der Waals surface area contributed by atoms with Crippen molar-refractivity contribution in [3.63, 3.8) is 0 Å². The number of hydrogen-bond acceptors (Lipinski definition) is 7. The summed E-state index contributed by atoms with van der Waals surface area (Å²) in [5, 5.41) is 4.17. The first-order valence-corrected chi connectivity index (χ1v) is 12.1. The second-order valence-corrected chi connectivity index (χ2v) is 8.93. The first-order valence-electron chi connectivity index (χ1n) is 11.7. The molecule has 2 aliphatic rings. The van der Waals surface area contributed by atoms with Crippen molar-refractivity contribution in [2.24, 2.45) is 0 Å². The predicted molar refractivity (Wildman–Crippen MR) is 135 cm³/mol. The third-order valence-electron chi connectivity index (χ3n) is 6.47. The van der Waals surface area contributed by atoms with Gasteiger partial charge in [0.15, 0.2) is 5.11 Å². The van der Waals surface area contributed by atoms with Crippen LogP contribution in [0.3, 0.4) is 0 Å². The van der Waals surface area contributed by atoms with Gasteiger partial charge in [0.1, 0.15) is 17.6 Å². The van der Waals surface area contributed by atoms with Gasteiger partial charge < -0.3 is 24.1 Å². The lowest BCUT2D eigenvalue weighted by atomic mass is 10.0. The Bertz CT molecular complexity index is 1160. The molecular weight excluding hydrogens is 464 g/mol. The summed E-state index contributed by atoms with van der Waals surface area (Å²) >= 11 is 5.77. The maximum Gasteiger partial charge on any atom is 0.337 e. The Balaban J connectivity index is 1.41. The third-order valence-corrected chi connectivity index (χ3v) is 6.82. The number of nitrogens with zero attached hydrogens (tertiary/aromatic N) is 3. The highest BCUT2D eigenvalue weighted by Crippen LogP contribution is 2.40. The molecule has 5 rings (SSSR count). The van der Waals surface area contributed by atoms with Crippen molar-refractivity contribution in [1.82, 2.24) is 20.1 Å². The van der Waals surface area contributed by atoms with Gasteiger partial charge in [-0.15, -0.1) is 0 Å². The van der Waals surface area contributed by atoms with E-state index >= 15 is 0 Å². The highest BCUT2D eigenvalue weighted by Gasteiger charge is 2.41. The molecule has 2 fully saturated rings. The second kappa shape index (κ2) is 10.6. The van der Waals surface area contributed by atoms with Crippen LogP contribution in [0.25, 0.3) is 11.3 Å². The number of morpholine rings is 1. The Morgan fingerprint density at radius 2 is 1.91 bits per heavy atom. The summed E-state index contributed by atoms with van der Waals surface area (Å²) in [5.74, 6) is 1.17. The number of furan rings is 1. The Hall–Kier alpha value is -3.27. The second-order valence-electron chi connectivity index (χ2n) is 8.54. The van der Waals surface area contributed by atoms with Gasteiger partial charge in [0.2, 0.25) is 0 Å². The Kier molecular flexibility index (Phi) is 7.08. The molecule has 1 N–H and O–H groups in total. The minimum atomic E-state index is -0.365. The zero-order valence-corrected chi connectivity index (χ0v) is 20.4. The van der Waals surface area contributed by atoms with E-state index in [1.165, 1.54) is 7.11 Å². The SMILES string of the molecule is COC(=O)c1ccc(-c2ccc([C@@H]3[C@@H](c4ccccn4)NC(=S)N3CCN3CCOCC3)o2)cc1. The highest BCUT2D eigenvalue weighted by atomic mass is 32.1. The number of aromatic nitrogens is 1. The van der Waals surface area contributed by atoms with Gasteiger partial charge in [-0.2, -0.15) is 0 Å². The Labute approximate surface area is 209 Å². The van der Waals surface area contributed by atoms with Gasteiger partial charge in [-0.3, -0.25) is 9.88 Å². The van der Waals surface area contributed by atoms with Gasteiger partial charge in [-0.1, -0.05) is 18.2 Å². The van der Waals surface area contributed by atoms with Crippen LogP contribution in [-0.2, 0) is 9.47 Å². The van der Waals surface area contributed by atoms with E-state index in [9.17, 15) is 4.79 Å². The van der Waals surface area contributed by atoms with Crippen LogP contribution in [0.2, 0.25) is 0 Å². The van der Waals surface area contributed by atoms with Crippen LogP contribution in [-0.4, -0.2) is 72.4 Å². The molecule has 8 nitrogen and oxygen atoms in total. The number of methoxy groups -OCH3 is 1. The van der Waals surface area contributed by atoms with E-state index in [1.807, 2.05) is 42.5 Å². The molecule has 4 heterocycles. The van der Waals surface area contributed by atoms with Crippen LogP contribution in [0.4, 0.5) is 0 Å². The average molecular weight is 493 g/mol. The molecular formula is C26H28N4O4S. The van der Waals surface area contributed by atoms with E-state index in [-0.39, 0.29) is 18.1 Å². The minimum absolute atomic E-state index is 0.130. The van der Waals surface area contributed by atoms with Crippen LogP contribution in [0.15, 0.2) is 65.2 Å².